The average Bonchev–Trinajstić information content (AvgIpc) is 2.67. The Kier molecular flexibility index (Phi) is 5.99. The average molecular weight is 401 g/mol. The lowest BCUT2D eigenvalue weighted by Crippen LogP contribution is -2.38. The van der Waals surface area contributed by atoms with Crippen LogP contribution >= 0.6 is 23.2 Å². The Hall–Kier alpha value is -2.56. The molecule has 0 aliphatic rings. The minimum atomic E-state index is -0.387. The van der Waals surface area contributed by atoms with Crippen molar-refractivity contribution in [3.05, 3.63) is 81.8 Å². The van der Waals surface area contributed by atoms with Crippen LogP contribution in [-0.2, 0) is 4.79 Å². The maximum Gasteiger partial charge on any atom is 0.251 e. The van der Waals surface area contributed by atoms with Gasteiger partial charge in [0, 0.05) is 5.56 Å². The van der Waals surface area contributed by atoms with Gasteiger partial charge in [0.05, 0.1) is 22.6 Å². The van der Waals surface area contributed by atoms with Crippen LogP contribution in [0.4, 0.5) is 0 Å². The lowest BCUT2D eigenvalue weighted by molar-refractivity contribution is -0.120. The predicted molar refractivity (Wildman–Crippen MR) is 109 cm³/mol. The van der Waals surface area contributed by atoms with Crippen LogP contribution in [0, 0.1) is 0 Å². The van der Waals surface area contributed by atoms with Crippen LogP contribution in [0.25, 0.3) is 10.8 Å². The minimum Gasteiger partial charge on any atom is -0.348 e. The standard InChI is InChI=1S/C21H18Cl2N2O2/c1-13(15-7-6-14-4-2-3-5-16(14)10-15)25-20(26)12-24-21(27)17-8-9-18(22)19(23)11-17/h2-11,13H,12H2,1H3,(H,24,27)(H,25,26)/t13-/m1/s1. The Morgan fingerprint density at radius 2 is 1.67 bits per heavy atom. The molecular formula is C21H18Cl2N2O2. The van der Waals surface area contributed by atoms with Crippen LogP contribution in [0.2, 0.25) is 10.0 Å². The summed E-state index contributed by atoms with van der Waals surface area (Å²) in [6.45, 7) is 1.78. The second-order valence-electron chi connectivity index (χ2n) is 6.21. The number of hydrogen-bond donors (Lipinski definition) is 2. The van der Waals surface area contributed by atoms with E-state index in [1.165, 1.54) is 6.07 Å². The largest absolute Gasteiger partial charge is 0.348 e. The van der Waals surface area contributed by atoms with E-state index in [-0.39, 0.29) is 24.4 Å². The van der Waals surface area contributed by atoms with Gasteiger partial charge in [-0.25, -0.2) is 0 Å². The van der Waals surface area contributed by atoms with Crippen LogP contribution in [0.5, 0.6) is 0 Å². The summed E-state index contributed by atoms with van der Waals surface area (Å²) in [6.07, 6.45) is 0. The molecule has 0 aliphatic heterocycles. The maximum absolute atomic E-state index is 12.2. The first-order valence-electron chi connectivity index (χ1n) is 8.45. The third-order valence-corrected chi connectivity index (χ3v) is 4.98. The van der Waals surface area contributed by atoms with Crippen molar-refractivity contribution in [1.82, 2.24) is 10.6 Å². The third-order valence-electron chi connectivity index (χ3n) is 4.24. The van der Waals surface area contributed by atoms with Crippen molar-refractivity contribution in [2.24, 2.45) is 0 Å². The molecule has 0 heterocycles. The molecule has 4 nitrogen and oxygen atoms in total. The summed E-state index contributed by atoms with van der Waals surface area (Å²) in [7, 11) is 0. The van der Waals surface area contributed by atoms with Gasteiger partial charge in [-0.1, -0.05) is 59.6 Å². The van der Waals surface area contributed by atoms with Gasteiger partial charge in [-0.05, 0) is 47.5 Å². The summed E-state index contributed by atoms with van der Waals surface area (Å²) in [5.74, 6) is -0.661. The first kappa shape index (κ1) is 19.2. The summed E-state index contributed by atoms with van der Waals surface area (Å²) in [5.41, 5.74) is 1.35. The fourth-order valence-corrected chi connectivity index (χ4v) is 3.05. The number of hydrogen-bond acceptors (Lipinski definition) is 2. The van der Waals surface area contributed by atoms with Crippen molar-refractivity contribution in [2.75, 3.05) is 6.54 Å². The fourth-order valence-electron chi connectivity index (χ4n) is 2.75. The molecule has 0 aromatic heterocycles. The first-order chi connectivity index (χ1) is 12.9. The Morgan fingerprint density at radius 1 is 0.926 bits per heavy atom. The Bertz CT molecular complexity index is 1000. The van der Waals surface area contributed by atoms with Crippen LogP contribution in [0.15, 0.2) is 60.7 Å². The summed E-state index contributed by atoms with van der Waals surface area (Å²) in [4.78, 5) is 24.3. The minimum absolute atomic E-state index is 0.128. The Balaban J connectivity index is 1.57. The van der Waals surface area contributed by atoms with E-state index in [2.05, 4.69) is 16.7 Å². The zero-order chi connectivity index (χ0) is 19.4. The van der Waals surface area contributed by atoms with Crippen molar-refractivity contribution in [3.63, 3.8) is 0 Å². The lowest BCUT2D eigenvalue weighted by Gasteiger charge is -2.15. The summed E-state index contributed by atoms with van der Waals surface area (Å²) < 4.78 is 0. The van der Waals surface area contributed by atoms with E-state index >= 15 is 0 Å². The second-order valence-corrected chi connectivity index (χ2v) is 7.02. The number of nitrogens with one attached hydrogen (secondary N) is 2. The zero-order valence-corrected chi connectivity index (χ0v) is 16.1. The molecule has 138 valence electrons. The van der Waals surface area contributed by atoms with Crippen molar-refractivity contribution >= 4 is 45.8 Å². The smallest absolute Gasteiger partial charge is 0.251 e. The molecule has 0 bridgehead atoms. The van der Waals surface area contributed by atoms with Gasteiger partial charge < -0.3 is 10.6 Å². The topological polar surface area (TPSA) is 58.2 Å². The SMILES string of the molecule is C[C@@H](NC(=O)CNC(=O)c1ccc(Cl)c(Cl)c1)c1ccc2ccccc2c1. The highest BCUT2D eigenvalue weighted by Gasteiger charge is 2.13. The van der Waals surface area contributed by atoms with E-state index in [4.69, 9.17) is 23.2 Å². The quantitative estimate of drug-likeness (QED) is 0.648. The van der Waals surface area contributed by atoms with Crippen LogP contribution in [0.3, 0.4) is 0 Å². The molecule has 3 aromatic carbocycles. The molecule has 3 rings (SSSR count). The van der Waals surface area contributed by atoms with Crippen LogP contribution in [-0.4, -0.2) is 18.4 Å². The molecule has 3 aromatic rings. The highest BCUT2D eigenvalue weighted by molar-refractivity contribution is 6.42. The fraction of sp³-hybridized carbons (Fsp3) is 0.143. The molecule has 2 amide bonds. The van der Waals surface area contributed by atoms with Crippen molar-refractivity contribution < 1.29 is 9.59 Å². The number of carbonyl (C=O) groups is 2. The number of amides is 2. The number of benzene rings is 3. The van der Waals surface area contributed by atoms with Crippen molar-refractivity contribution in [1.29, 1.82) is 0 Å². The van der Waals surface area contributed by atoms with E-state index in [1.54, 1.807) is 12.1 Å². The molecule has 6 heteroatoms. The van der Waals surface area contributed by atoms with Gasteiger partial charge >= 0.3 is 0 Å². The van der Waals surface area contributed by atoms with Crippen molar-refractivity contribution in [2.45, 2.75) is 13.0 Å². The Morgan fingerprint density at radius 3 is 2.41 bits per heavy atom. The van der Waals surface area contributed by atoms with Gasteiger partial charge in [0.2, 0.25) is 5.91 Å². The molecule has 0 radical (unpaired) electrons. The number of rotatable bonds is 5. The molecule has 0 fully saturated rings. The molecule has 0 unspecified atom stereocenters. The van der Waals surface area contributed by atoms with Crippen LogP contribution in [0.1, 0.15) is 28.9 Å². The van der Waals surface area contributed by atoms with Crippen molar-refractivity contribution in [3.8, 4) is 0 Å². The molecule has 0 saturated heterocycles. The Labute approximate surface area is 167 Å². The van der Waals surface area contributed by atoms with E-state index in [0.717, 1.165) is 16.3 Å². The maximum atomic E-state index is 12.2. The summed E-state index contributed by atoms with van der Waals surface area (Å²) >= 11 is 11.7. The molecule has 0 spiro atoms. The number of halogens is 2. The normalized spacial score (nSPS) is 11.8. The predicted octanol–water partition coefficient (Wildman–Crippen LogP) is 4.75. The lowest BCUT2D eigenvalue weighted by atomic mass is 10.0. The highest BCUT2D eigenvalue weighted by atomic mass is 35.5. The summed E-state index contributed by atoms with van der Waals surface area (Å²) in [6, 6.07) is 18.5. The molecule has 27 heavy (non-hydrogen) atoms. The van der Waals surface area contributed by atoms with Gasteiger partial charge in [-0.2, -0.15) is 0 Å². The zero-order valence-electron chi connectivity index (χ0n) is 14.6. The second kappa shape index (κ2) is 8.42. The first-order valence-corrected chi connectivity index (χ1v) is 9.21. The van der Waals surface area contributed by atoms with Gasteiger partial charge in [0.1, 0.15) is 0 Å². The molecule has 0 aliphatic carbocycles. The van der Waals surface area contributed by atoms with E-state index in [1.807, 2.05) is 43.3 Å². The van der Waals surface area contributed by atoms with Gasteiger partial charge in [-0.15, -0.1) is 0 Å². The van der Waals surface area contributed by atoms with E-state index in [9.17, 15) is 9.59 Å². The molecule has 1 atom stereocenters. The summed E-state index contributed by atoms with van der Waals surface area (Å²) in [5, 5.41) is 8.39. The van der Waals surface area contributed by atoms with Gasteiger partial charge in [-0.3, -0.25) is 9.59 Å². The third kappa shape index (κ3) is 4.79. The molecular weight excluding hydrogens is 383 g/mol. The van der Waals surface area contributed by atoms with Crippen LogP contribution < -0.4 is 10.6 Å². The van der Waals surface area contributed by atoms with Gasteiger partial charge in [0.25, 0.3) is 5.91 Å². The highest BCUT2D eigenvalue weighted by Crippen LogP contribution is 2.22. The van der Waals surface area contributed by atoms with E-state index in [0.29, 0.717) is 15.6 Å². The number of carbonyl (C=O) groups excluding carboxylic acids is 2. The molecule has 2 N–H and O–H groups in total. The monoisotopic (exact) mass is 400 g/mol. The number of fused-ring (bicyclic) bond motifs is 1. The van der Waals surface area contributed by atoms with E-state index < -0.39 is 0 Å². The van der Waals surface area contributed by atoms with Gasteiger partial charge in [0.15, 0.2) is 0 Å². The molecule has 0 saturated carbocycles.